The predicted molar refractivity (Wildman–Crippen MR) is 97.6 cm³/mol. The zero-order valence-corrected chi connectivity index (χ0v) is 15.7. The third kappa shape index (κ3) is 3.96. The van der Waals surface area contributed by atoms with Crippen LogP contribution in [0.4, 0.5) is 10.3 Å². The van der Waals surface area contributed by atoms with Crippen molar-refractivity contribution in [2.24, 2.45) is 0 Å². The first-order valence-corrected chi connectivity index (χ1v) is 9.71. The Kier molecular flexibility index (Phi) is 5.35. The van der Waals surface area contributed by atoms with Crippen molar-refractivity contribution in [2.45, 2.75) is 24.3 Å². The van der Waals surface area contributed by atoms with Crippen molar-refractivity contribution >= 4 is 17.7 Å². The first kappa shape index (κ1) is 17.9. The van der Waals surface area contributed by atoms with E-state index in [2.05, 4.69) is 25.3 Å². The number of anilines is 1. The van der Waals surface area contributed by atoms with Crippen molar-refractivity contribution in [1.29, 1.82) is 0 Å². The maximum Gasteiger partial charge on any atom is 0.232 e. The van der Waals surface area contributed by atoms with Crippen LogP contribution in [-0.4, -0.2) is 51.3 Å². The van der Waals surface area contributed by atoms with Crippen molar-refractivity contribution in [2.75, 3.05) is 31.2 Å². The number of hydrogen-bond donors (Lipinski definition) is 0. The highest BCUT2D eigenvalue weighted by Crippen LogP contribution is 2.29. The maximum atomic E-state index is 13.8. The molecule has 8 nitrogen and oxygen atoms in total. The summed E-state index contributed by atoms with van der Waals surface area (Å²) in [7, 11) is 0. The third-order valence-corrected chi connectivity index (χ3v) is 5.03. The van der Waals surface area contributed by atoms with Crippen LogP contribution in [-0.2, 0) is 16.9 Å². The molecule has 2 aromatic heterocycles. The molecule has 0 unspecified atom stereocenters. The van der Waals surface area contributed by atoms with E-state index in [9.17, 15) is 4.39 Å². The van der Waals surface area contributed by atoms with Crippen LogP contribution >= 0.6 is 11.8 Å². The van der Waals surface area contributed by atoms with Gasteiger partial charge >= 0.3 is 0 Å². The molecule has 0 atom stereocenters. The molecule has 3 heterocycles. The summed E-state index contributed by atoms with van der Waals surface area (Å²) in [5, 5.41) is 17.3. The number of aromatic nitrogens is 5. The van der Waals surface area contributed by atoms with Crippen LogP contribution in [0, 0.1) is 5.82 Å². The Bertz CT molecular complexity index is 908. The van der Waals surface area contributed by atoms with E-state index in [1.807, 2.05) is 17.6 Å². The van der Waals surface area contributed by atoms with Crippen LogP contribution < -0.4 is 4.90 Å². The fourth-order valence-electron chi connectivity index (χ4n) is 2.78. The number of nitrogens with zero attached hydrogens (tertiary/aromatic N) is 6. The van der Waals surface area contributed by atoms with Crippen LogP contribution in [0.5, 0.6) is 0 Å². The minimum Gasteiger partial charge on any atom is -0.424 e. The van der Waals surface area contributed by atoms with E-state index in [1.54, 1.807) is 6.07 Å². The molecule has 1 aromatic carbocycles. The van der Waals surface area contributed by atoms with Gasteiger partial charge in [-0.15, -0.1) is 20.4 Å². The summed E-state index contributed by atoms with van der Waals surface area (Å²) >= 11 is 1.42. The highest BCUT2D eigenvalue weighted by molar-refractivity contribution is 7.98. The monoisotopic (exact) mass is 390 g/mol. The van der Waals surface area contributed by atoms with E-state index in [0.29, 0.717) is 67.1 Å². The minimum absolute atomic E-state index is 0.311. The van der Waals surface area contributed by atoms with Gasteiger partial charge in [0.2, 0.25) is 17.7 Å². The van der Waals surface area contributed by atoms with Crippen LogP contribution in [0.15, 0.2) is 33.8 Å². The molecule has 1 fully saturated rings. The van der Waals surface area contributed by atoms with Gasteiger partial charge in [0.05, 0.1) is 24.7 Å². The van der Waals surface area contributed by atoms with E-state index in [-0.39, 0.29) is 5.82 Å². The average molecular weight is 390 g/mol. The number of thioether (sulfide) groups is 1. The number of benzene rings is 1. The topological polar surface area (TPSA) is 82.1 Å². The van der Waals surface area contributed by atoms with E-state index in [4.69, 9.17) is 9.15 Å². The number of aryl methyl sites for hydroxylation is 1. The second-order valence-corrected chi connectivity index (χ2v) is 6.87. The molecule has 142 valence electrons. The lowest BCUT2D eigenvalue weighted by atomic mass is 10.3. The molecule has 3 aromatic rings. The summed E-state index contributed by atoms with van der Waals surface area (Å²) in [4.78, 5) is 2.09. The van der Waals surface area contributed by atoms with E-state index in [1.165, 1.54) is 23.9 Å². The Morgan fingerprint density at radius 3 is 2.67 bits per heavy atom. The van der Waals surface area contributed by atoms with Gasteiger partial charge in [-0.2, -0.15) is 0 Å². The largest absolute Gasteiger partial charge is 0.424 e. The first-order chi connectivity index (χ1) is 13.2. The molecule has 0 aliphatic carbocycles. The number of morpholine rings is 1. The van der Waals surface area contributed by atoms with E-state index >= 15 is 0 Å². The zero-order valence-electron chi connectivity index (χ0n) is 14.8. The Morgan fingerprint density at radius 1 is 1.11 bits per heavy atom. The van der Waals surface area contributed by atoms with Crippen molar-refractivity contribution in [3.05, 3.63) is 41.9 Å². The molecule has 0 amide bonds. The van der Waals surface area contributed by atoms with Crippen LogP contribution in [0.2, 0.25) is 0 Å². The standard InChI is InChI=1S/C17H19FN6O2S/c1-2-14-19-20-15(26-14)11-27-17-22-21-16(23-6-8-25-9-7-23)24(17)13-5-3-4-12(18)10-13/h3-5,10H,2,6-9,11H2,1H3. The fraction of sp³-hybridized carbons (Fsp3) is 0.412. The zero-order chi connectivity index (χ0) is 18.6. The Morgan fingerprint density at radius 2 is 1.93 bits per heavy atom. The Hall–Kier alpha value is -2.46. The number of ether oxygens (including phenoxy) is 1. The molecule has 0 saturated carbocycles. The molecule has 0 radical (unpaired) electrons. The number of rotatable bonds is 6. The van der Waals surface area contributed by atoms with E-state index < -0.39 is 0 Å². The van der Waals surface area contributed by atoms with Gasteiger partial charge in [0.1, 0.15) is 5.82 Å². The molecule has 1 aliphatic heterocycles. The molecular weight excluding hydrogens is 371 g/mol. The lowest BCUT2D eigenvalue weighted by Gasteiger charge is -2.27. The Labute approximate surface area is 159 Å². The van der Waals surface area contributed by atoms with Crippen molar-refractivity contribution in [3.8, 4) is 5.69 Å². The van der Waals surface area contributed by atoms with Gasteiger partial charge in [-0.1, -0.05) is 24.8 Å². The average Bonchev–Trinajstić information content (AvgIpc) is 3.34. The quantitative estimate of drug-likeness (QED) is 0.594. The second kappa shape index (κ2) is 8.05. The molecule has 4 rings (SSSR count). The highest BCUT2D eigenvalue weighted by Gasteiger charge is 2.22. The number of halogens is 1. The molecule has 0 bridgehead atoms. The van der Waals surface area contributed by atoms with Crippen molar-refractivity contribution < 1.29 is 13.5 Å². The molecule has 27 heavy (non-hydrogen) atoms. The summed E-state index contributed by atoms with van der Waals surface area (Å²) in [6, 6.07) is 6.40. The lowest BCUT2D eigenvalue weighted by Crippen LogP contribution is -2.37. The molecule has 10 heteroatoms. The maximum absolute atomic E-state index is 13.8. The summed E-state index contributed by atoms with van der Waals surface area (Å²) < 4.78 is 26.7. The third-order valence-electron chi connectivity index (χ3n) is 4.11. The Balaban J connectivity index is 1.64. The number of hydrogen-bond acceptors (Lipinski definition) is 8. The molecule has 0 N–H and O–H groups in total. The summed E-state index contributed by atoms with van der Waals surface area (Å²) in [6.07, 6.45) is 0.693. The van der Waals surface area contributed by atoms with Gasteiger partial charge < -0.3 is 14.1 Å². The lowest BCUT2D eigenvalue weighted by molar-refractivity contribution is 0.122. The van der Waals surface area contributed by atoms with Crippen LogP contribution in [0.3, 0.4) is 0 Å². The first-order valence-electron chi connectivity index (χ1n) is 8.72. The van der Waals surface area contributed by atoms with Crippen molar-refractivity contribution in [3.63, 3.8) is 0 Å². The summed E-state index contributed by atoms with van der Waals surface area (Å²) in [6.45, 7) is 4.63. The van der Waals surface area contributed by atoms with Crippen molar-refractivity contribution in [1.82, 2.24) is 25.0 Å². The molecule has 0 spiro atoms. The smallest absolute Gasteiger partial charge is 0.232 e. The van der Waals surface area contributed by atoms with Gasteiger partial charge in [-0.05, 0) is 18.2 Å². The predicted octanol–water partition coefficient (Wildman–Crippen LogP) is 2.48. The minimum atomic E-state index is -0.311. The van der Waals surface area contributed by atoms with Gasteiger partial charge in [0, 0.05) is 19.5 Å². The van der Waals surface area contributed by atoms with Gasteiger partial charge in [-0.25, -0.2) is 4.39 Å². The normalized spacial score (nSPS) is 14.7. The summed E-state index contributed by atoms with van der Waals surface area (Å²) in [5.74, 6) is 1.95. The van der Waals surface area contributed by atoms with Gasteiger partial charge in [-0.3, -0.25) is 4.57 Å². The summed E-state index contributed by atoms with van der Waals surface area (Å²) in [5.41, 5.74) is 0.670. The van der Waals surface area contributed by atoms with Crippen LogP contribution in [0.25, 0.3) is 5.69 Å². The van der Waals surface area contributed by atoms with Gasteiger partial charge in [0.25, 0.3) is 0 Å². The molecule has 1 aliphatic rings. The molecular formula is C17H19FN6O2S. The fourth-order valence-corrected chi connectivity index (χ4v) is 3.56. The second-order valence-electron chi connectivity index (χ2n) is 5.93. The van der Waals surface area contributed by atoms with Gasteiger partial charge in [0.15, 0.2) is 5.16 Å². The SMILES string of the molecule is CCc1nnc(CSc2nnc(N3CCOCC3)n2-c2cccc(F)c2)o1. The van der Waals surface area contributed by atoms with E-state index in [0.717, 1.165) is 0 Å². The molecule has 1 saturated heterocycles. The van der Waals surface area contributed by atoms with Crippen LogP contribution in [0.1, 0.15) is 18.7 Å². The highest BCUT2D eigenvalue weighted by atomic mass is 32.2.